The van der Waals surface area contributed by atoms with Crippen LogP contribution in [-0.4, -0.2) is 23.4 Å². The molecule has 0 bridgehead atoms. The molecule has 0 unspecified atom stereocenters. The summed E-state index contributed by atoms with van der Waals surface area (Å²) in [6.07, 6.45) is 0. The van der Waals surface area contributed by atoms with Gasteiger partial charge in [0.05, 0.1) is 13.2 Å². The van der Waals surface area contributed by atoms with Gasteiger partial charge >= 0.3 is 0 Å². The van der Waals surface area contributed by atoms with Crippen molar-refractivity contribution in [1.29, 1.82) is 0 Å². The monoisotopic (exact) mass is 194 g/mol. The van der Waals surface area contributed by atoms with Gasteiger partial charge in [-0.3, -0.25) is 0 Å². The second-order valence-electron chi connectivity index (χ2n) is 3.38. The smallest absolute Gasteiger partial charge is 0.0650 e. The first kappa shape index (κ1) is 13.0. The van der Waals surface area contributed by atoms with E-state index in [1.807, 2.05) is 27.7 Å². The molecule has 0 heterocycles. The van der Waals surface area contributed by atoms with Crippen LogP contribution >= 0.6 is 0 Å². The molecule has 0 rings (SSSR count). The normalized spacial score (nSPS) is 13.9. The second-order valence-corrected chi connectivity index (χ2v) is 3.38. The van der Waals surface area contributed by atoms with Crippen LogP contribution < -0.4 is 0 Å². The zero-order chi connectivity index (χ0) is 11.1. The van der Waals surface area contributed by atoms with E-state index in [1.165, 1.54) is 0 Å². The van der Waals surface area contributed by atoms with E-state index in [0.717, 1.165) is 22.3 Å². The van der Waals surface area contributed by atoms with Crippen LogP contribution in [0.15, 0.2) is 22.3 Å². The van der Waals surface area contributed by atoms with Crippen molar-refractivity contribution in [2.45, 2.75) is 27.7 Å². The Morgan fingerprint density at radius 3 is 1.29 bits per heavy atom. The van der Waals surface area contributed by atoms with E-state index in [1.54, 1.807) is 0 Å². The summed E-state index contributed by atoms with van der Waals surface area (Å²) in [6.45, 7) is 7.54. The molecule has 0 aromatic carbocycles. The molecular weight excluding hydrogens is 176 g/mol. The van der Waals surface area contributed by atoms with Gasteiger partial charge in [0.25, 0.3) is 0 Å². The number of hydrogen-bond acceptors (Lipinski definition) is 2. The van der Waals surface area contributed by atoms with Gasteiger partial charge in [0.15, 0.2) is 0 Å². The predicted octanol–water partition coefficient (Wildman–Crippen LogP) is 1.65. The van der Waals surface area contributed by atoms with Gasteiger partial charge in [0.1, 0.15) is 0 Å². The van der Waals surface area contributed by atoms with Crippen LogP contribution in [0.3, 0.4) is 0 Å². The first-order valence-corrected chi connectivity index (χ1v) is 4.59. The number of aliphatic hydroxyl groups excluding tert-OH is 2. The average Bonchev–Trinajstić information content (AvgIpc) is 2.22. The molecule has 2 N–H and O–H groups in total. The van der Waals surface area contributed by atoms with Gasteiger partial charge in [0.2, 0.25) is 0 Å². The van der Waals surface area contributed by atoms with Crippen LogP contribution in [0.2, 0.25) is 0 Å². The lowest BCUT2D eigenvalue weighted by Crippen LogP contribution is -1.89. The summed E-state index contributed by atoms with van der Waals surface area (Å²) in [5.41, 5.74) is 3.54. The third-order valence-electron chi connectivity index (χ3n) is 2.19. The molecule has 78 valence electrons. The first-order chi connectivity index (χ1) is 6.52. The van der Waals surface area contributed by atoms with Crippen molar-refractivity contribution in [3.63, 3.8) is 0 Å². The molecule has 0 atom stereocenters. The second kappa shape index (κ2) is 6.42. The summed E-state index contributed by atoms with van der Waals surface area (Å²) < 4.78 is 0. The lowest BCUT2D eigenvalue weighted by molar-refractivity contribution is 0.330. The minimum atomic E-state index is 0.0439. The predicted molar refractivity (Wildman–Crippen MR) is 58.7 cm³/mol. The highest BCUT2D eigenvalue weighted by molar-refractivity contribution is 5.40. The molecule has 0 aliphatic heterocycles. The molecule has 0 aromatic rings. The SMILES string of the molecule is C/C(C#C/C(C)=C(\C)CO)=C(/C)CO. The zero-order valence-corrected chi connectivity index (χ0v) is 9.31. The summed E-state index contributed by atoms with van der Waals surface area (Å²) in [5, 5.41) is 17.7. The Kier molecular flexibility index (Phi) is 5.94. The van der Waals surface area contributed by atoms with Gasteiger partial charge in [-0.2, -0.15) is 0 Å². The average molecular weight is 194 g/mol. The van der Waals surface area contributed by atoms with Gasteiger partial charge in [0, 0.05) is 11.1 Å². The lowest BCUT2D eigenvalue weighted by atomic mass is 10.1. The van der Waals surface area contributed by atoms with E-state index in [9.17, 15) is 0 Å². The molecular formula is C12H18O2. The Bertz CT molecular complexity index is 281. The van der Waals surface area contributed by atoms with Gasteiger partial charge in [-0.25, -0.2) is 0 Å². The van der Waals surface area contributed by atoms with Crippen molar-refractivity contribution >= 4 is 0 Å². The standard InChI is InChI=1S/C12H18O2/c1-9(11(3)7-13)5-6-10(2)12(4)8-14/h13-14H,7-8H2,1-4H3/b11-9+,12-10+. The molecule has 2 nitrogen and oxygen atoms in total. The quantitative estimate of drug-likeness (QED) is 0.656. The molecule has 0 fully saturated rings. The Hall–Kier alpha value is -1.04. The summed E-state index contributed by atoms with van der Waals surface area (Å²) >= 11 is 0. The molecule has 0 aromatic heterocycles. The van der Waals surface area contributed by atoms with E-state index < -0.39 is 0 Å². The van der Waals surface area contributed by atoms with Crippen LogP contribution in [0.4, 0.5) is 0 Å². The summed E-state index contributed by atoms with van der Waals surface area (Å²) in [4.78, 5) is 0. The van der Waals surface area contributed by atoms with Gasteiger partial charge < -0.3 is 10.2 Å². The van der Waals surface area contributed by atoms with Crippen molar-refractivity contribution < 1.29 is 10.2 Å². The molecule has 0 aliphatic carbocycles. The highest BCUT2D eigenvalue weighted by Crippen LogP contribution is 2.03. The summed E-state index contributed by atoms with van der Waals surface area (Å²) in [6, 6.07) is 0. The topological polar surface area (TPSA) is 40.5 Å². The molecule has 0 radical (unpaired) electrons. The molecule has 0 amide bonds. The lowest BCUT2D eigenvalue weighted by Gasteiger charge is -1.97. The fourth-order valence-electron chi connectivity index (χ4n) is 0.638. The number of rotatable bonds is 2. The number of aliphatic hydroxyl groups is 2. The summed E-state index contributed by atoms with van der Waals surface area (Å²) in [7, 11) is 0. The Balaban J connectivity index is 4.77. The third kappa shape index (κ3) is 4.27. The van der Waals surface area contributed by atoms with Crippen molar-refractivity contribution in [3.8, 4) is 11.8 Å². The highest BCUT2D eigenvalue weighted by atomic mass is 16.3. The van der Waals surface area contributed by atoms with Crippen LogP contribution in [0.25, 0.3) is 0 Å². The zero-order valence-electron chi connectivity index (χ0n) is 9.31. The molecule has 14 heavy (non-hydrogen) atoms. The molecule has 0 saturated carbocycles. The minimum Gasteiger partial charge on any atom is -0.392 e. The fraction of sp³-hybridized carbons (Fsp3) is 0.500. The fourth-order valence-corrected chi connectivity index (χ4v) is 0.638. The maximum Gasteiger partial charge on any atom is 0.0650 e. The molecule has 0 spiro atoms. The van der Waals surface area contributed by atoms with Crippen molar-refractivity contribution in [2.24, 2.45) is 0 Å². The molecule has 2 heteroatoms. The van der Waals surface area contributed by atoms with Crippen molar-refractivity contribution in [3.05, 3.63) is 22.3 Å². The van der Waals surface area contributed by atoms with Gasteiger partial charge in [-0.05, 0) is 38.8 Å². The molecule has 0 aliphatic rings. The Morgan fingerprint density at radius 2 is 1.07 bits per heavy atom. The van der Waals surface area contributed by atoms with Crippen molar-refractivity contribution in [2.75, 3.05) is 13.2 Å². The number of hydrogen-bond donors (Lipinski definition) is 2. The highest BCUT2D eigenvalue weighted by Gasteiger charge is 1.92. The minimum absolute atomic E-state index is 0.0439. The van der Waals surface area contributed by atoms with E-state index in [4.69, 9.17) is 10.2 Å². The van der Waals surface area contributed by atoms with E-state index in [0.29, 0.717) is 0 Å². The van der Waals surface area contributed by atoms with Crippen molar-refractivity contribution in [1.82, 2.24) is 0 Å². The first-order valence-electron chi connectivity index (χ1n) is 4.59. The Morgan fingerprint density at radius 1 is 0.786 bits per heavy atom. The summed E-state index contributed by atoms with van der Waals surface area (Å²) in [5.74, 6) is 5.90. The van der Waals surface area contributed by atoms with Gasteiger partial charge in [-0.15, -0.1) is 0 Å². The van der Waals surface area contributed by atoms with E-state index in [-0.39, 0.29) is 13.2 Å². The van der Waals surface area contributed by atoms with Crippen LogP contribution in [0.1, 0.15) is 27.7 Å². The van der Waals surface area contributed by atoms with Crippen LogP contribution in [-0.2, 0) is 0 Å². The maximum atomic E-state index is 8.85. The maximum absolute atomic E-state index is 8.85. The molecule has 0 saturated heterocycles. The van der Waals surface area contributed by atoms with Crippen LogP contribution in [0, 0.1) is 11.8 Å². The van der Waals surface area contributed by atoms with Crippen LogP contribution in [0.5, 0.6) is 0 Å². The number of allylic oxidation sites excluding steroid dienone is 2. The van der Waals surface area contributed by atoms with Gasteiger partial charge in [-0.1, -0.05) is 11.8 Å². The third-order valence-corrected chi connectivity index (χ3v) is 2.19. The Labute approximate surface area is 86.0 Å². The van der Waals surface area contributed by atoms with E-state index in [2.05, 4.69) is 11.8 Å². The largest absolute Gasteiger partial charge is 0.392 e. The van der Waals surface area contributed by atoms with E-state index >= 15 is 0 Å².